The predicted molar refractivity (Wildman–Crippen MR) is 97.8 cm³/mol. The molecule has 1 fully saturated rings. The van der Waals surface area contributed by atoms with Crippen LogP contribution in [0.2, 0.25) is 0 Å². The Morgan fingerprint density at radius 3 is 1.72 bits per heavy atom. The van der Waals surface area contributed by atoms with Crippen molar-refractivity contribution in [3.05, 3.63) is 0 Å². The third-order valence-electron chi connectivity index (χ3n) is 3.52. The van der Waals surface area contributed by atoms with Gasteiger partial charge in [0.15, 0.2) is 0 Å². The Bertz CT molecular complexity index is 533. The number of aliphatic carboxylic acids is 4. The van der Waals surface area contributed by atoms with Gasteiger partial charge in [-0.15, -0.1) is 0 Å². The first-order valence-electron chi connectivity index (χ1n) is 8.52. The summed E-state index contributed by atoms with van der Waals surface area (Å²) < 4.78 is 0. The Labute approximate surface area is 166 Å². The van der Waals surface area contributed by atoms with Gasteiger partial charge >= 0.3 is 23.9 Å². The lowest BCUT2D eigenvalue weighted by atomic mass is 10.1. The first kappa shape index (κ1) is 28.8. The van der Waals surface area contributed by atoms with E-state index in [0.717, 1.165) is 0 Å². The minimum atomic E-state index is -1.29. The Kier molecular flexibility index (Phi) is 15.5. The highest BCUT2D eigenvalue weighted by Crippen LogP contribution is 2.05. The van der Waals surface area contributed by atoms with E-state index in [9.17, 15) is 19.2 Å². The highest BCUT2D eigenvalue weighted by molar-refractivity contribution is 5.80. The van der Waals surface area contributed by atoms with Crippen LogP contribution < -0.4 is 22.5 Å². The van der Waals surface area contributed by atoms with Gasteiger partial charge in [0.2, 0.25) is 0 Å². The quantitative estimate of drug-likeness (QED) is 0.169. The molecule has 0 aromatic rings. The van der Waals surface area contributed by atoms with Crippen LogP contribution in [0.15, 0.2) is 0 Å². The summed E-state index contributed by atoms with van der Waals surface area (Å²) in [4.78, 5) is 40.0. The number of rotatable bonds is 9. The van der Waals surface area contributed by atoms with Gasteiger partial charge in [-0.3, -0.25) is 19.2 Å². The maximum absolute atomic E-state index is 10.2. The van der Waals surface area contributed by atoms with E-state index < -0.39 is 60.6 Å². The number of hydrogen-bond acceptors (Lipinski definition) is 10. The summed E-state index contributed by atoms with van der Waals surface area (Å²) in [5.74, 6) is -4.43. The molecule has 14 heteroatoms. The summed E-state index contributed by atoms with van der Waals surface area (Å²) in [5, 5.41) is 53.1. The highest BCUT2D eigenvalue weighted by atomic mass is 16.4. The van der Waals surface area contributed by atoms with Gasteiger partial charge < -0.3 is 53.2 Å². The van der Waals surface area contributed by atoms with Gasteiger partial charge in [0.1, 0.15) is 18.1 Å². The second-order valence-corrected chi connectivity index (χ2v) is 6.14. The van der Waals surface area contributed by atoms with Crippen LogP contribution in [0.1, 0.15) is 25.7 Å². The van der Waals surface area contributed by atoms with E-state index in [1.54, 1.807) is 0 Å². The molecule has 0 aliphatic carbocycles. The fraction of sp³-hybridized carbons (Fsp3) is 0.733. The number of hydrogen-bond donors (Lipinski definition) is 10. The lowest BCUT2D eigenvalue weighted by Crippen LogP contribution is -2.32. The molecule has 0 saturated carbocycles. The molecule has 0 amide bonds. The van der Waals surface area contributed by atoms with Crippen molar-refractivity contribution in [2.75, 3.05) is 13.1 Å². The van der Waals surface area contributed by atoms with Crippen molar-refractivity contribution >= 4 is 23.9 Å². The second-order valence-electron chi connectivity index (χ2n) is 6.14. The van der Waals surface area contributed by atoms with Gasteiger partial charge in [-0.05, 0) is 12.8 Å². The van der Waals surface area contributed by atoms with Crippen LogP contribution in [-0.2, 0) is 19.2 Å². The normalized spacial score (nSPS) is 20.7. The zero-order chi connectivity index (χ0) is 23.1. The molecule has 0 aromatic carbocycles. The topological polar surface area (TPSA) is 280 Å². The fourth-order valence-electron chi connectivity index (χ4n) is 1.79. The van der Waals surface area contributed by atoms with E-state index in [2.05, 4.69) is 5.32 Å². The summed E-state index contributed by atoms with van der Waals surface area (Å²) in [6.45, 7) is 0.545. The number of aliphatic hydroxyl groups is 2. The predicted octanol–water partition coefficient (Wildman–Crippen LogP) is -3.84. The van der Waals surface area contributed by atoms with Crippen molar-refractivity contribution in [2.45, 2.75) is 56.0 Å². The molecule has 170 valence electrons. The molecule has 4 unspecified atom stereocenters. The third-order valence-corrected chi connectivity index (χ3v) is 3.52. The molecular weight excluding hydrogens is 396 g/mol. The molecule has 0 radical (unpaired) electrons. The van der Waals surface area contributed by atoms with Crippen molar-refractivity contribution in [3.63, 3.8) is 0 Å². The minimum Gasteiger partial charge on any atom is -0.481 e. The molecule has 29 heavy (non-hydrogen) atoms. The monoisotopic (exact) mass is 426 g/mol. The van der Waals surface area contributed by atoms with Crippen LogP contribution in [0.5, 0.6) is 0 Å². The van der Waals surface area contributed by atoms with Crippen LogP contribution in [0, 0.1) is 0 Å². The summed E-state index contributed by atoms with van der Waals surface area (Å²) >= 11 is 0. The van der Waals surface area contributed by atoms with Crippen molar-refractivity contribution in [2.24, 2.45) is 17.2 Å². The number of β-amino-alcohol motifs (C(OH)–C–C–N with tert-alkyl or cyclic N) is 1. The number of carbonyl (C=O) groups is 4. The molecule has 1 saturated heterocycles. The van der Waals surface area contributed by atoms with Crippen LogP contribution in [0.25, 0.3) is 0 Å². The molecule has 1 rings (SSSR count). The Hall–Kier alpha value is -2.36. The number of carboxylic acids is 4. The van der Waals surface area contributed by atoms with E-state index >= 15 is 0 Å². The molecule has 0 bridgehead atoms. The summed E-state index contributed by atoms with van der Waals surface area (Å²) in [5.41, 5.74) is 15.1. The van der Waals surface area contributed by atoms with Gasteiger partial charge in [-0.25, -0.2) is 0 Å². The maximum Gasteiger partial charge on any atom is 0.321 e. The molecule has 14 nitrogen and oxygen atoms in total. The van der Waals surface area contributed by atoms with E-state index in [0.29, 0.717) is 19.4 Å². The standard InChI is InChI=1S/C6H14N2O3.C5H9NO3.C4H7NO4/c7-3-4(9)1-2-5(8)6(10)11;7-3-1-4(5(8)9)6-2-3;5-2(4(8)9)1-3(6)7/h4-5,9H,1-3,7-8H2,(H,10,11);3-4,6-7H,1-2H2,(H,8,9);2H,1,5H2,(H,6,7)(H,8,9)/t;3?,4-;/m.0./s1. The Balaban J connectivity index is 0. The van der Waals surface area contributed by atoms with Crippen LogP contribution >= 0.6 is 0 Å². The van der Waals surface area contributed by atoms with E-state index in [-0.39, 0.29) is 13.0 Å². The van der Waals surface area contributed by atoms with Crippen LogP contribution in [0.3, 0.4) is 0 Å². The number of nitrogens with two attached hydrogens (primary N) is 3. The Morgan fingerprint density at radius 2 is 1.48 bits per heavy atom. The third kappa shape index (κ3) is 16.3. The average Bonchev–Trinajstić information content (AvgIpc) is 3.06. The molecule has 1 heterocycles. The lowest BCUT2D eigenvalue weighted by molar-refractivity contribution is -0.144. The van der Waals surface area contributed by atoms with Gasteiger partial charge in [-0.1, -0.05) is 0 Å². The zero-order valence-corrected chi connectivity index (χ0v) is 15.7. The molecule has 0 spiro atoms. The number of aliphatic hydroxyl groups excluding tert-OH is 2. The summed E-state index contributed by atoms with van der Waals surface area (Å²) in [7, 11) is 0. The molecule has 1 aliphatic heterocycles. The summed E-state index contributed by atoms with van der Waals surface area (Å²) in [6, 6.07) is -2.72. The van der Waals surface area contributed by atoms with Crippen molar-refractivity contribution in [1.29, 1.82) is 0 Å². The van der Waals surface area contributed by atoms with Gasteiger partial charge in [0.25, 0.3) is 0 Å². The van der Waals surface area contributed by atoms with Crippen LogP contribution in [-0.4, -0.2) is 97.9 Å². The second kappa shape index (κ2) is 15.5. The van der Waals surface area contributed by atoms with E-state index in [1.807, 2.05) is 0 Å². The minimum absolute atomic E-state index is 0.145. The number of nitrogens with one attached hydrogen (secondary N) is 1. The molecule has 0 aromatic heterocycles. The largest absolute Gasteiger partial charge is 0.481 e. The van der Waals surface area contributed by atoms with Gasteiger partial charge in [0.05, 0.1) is 18.6 Å². The van der Waals surface area contributed by atoms with Crippen molar-refractivity contribution in [1.82, 2.24) is 5.32 Å². The van der Waals surface area contributed by atoms with Gasteiger partial charge in [-0.2, -0.15) is 0 Å². The van der Waals surface area contributed by atoms with Crippen LogP contribution in [0.4, 0.5) is 0 Å². The molecule has 5 atom stereocenters. The average molecular weight is 426 g/mol. The van der Waals surface area contributed by atoms with Crippen molar-refractivity contribution in [3.8, 4) is 0 Å². The molecular formula is C15H30N4O10. The smallest absolute Gasteiger partial charge is 0.321 e. The molecule has 1 aliphatic rings. The fourth-order valence-corrected chi connectivity index (χ4v) is 1.79. The maximum atomic E-state index is 10.2. The van der Waals surface area contributed by atoms with Gasteiger partial charge in [0, 0.05) is 19.5 Å². The lowest BCUT2D eigenvalue weighted by Gasteiger charge is -2.09. The Morgan fingerprint density at radius 1 is 0.966 bits per heavy atom. The molecule has 13 N–H and O–H groups in total. The first-order valence-corrected chi connectivity index (χ1v) is 8.52. The number of carboxylic acid groups (broad SMARTS) is 4. The highest BCUT2D eigenvalue weighted by Gasteiger charge is 2.27. The van der Waals surface area contributed by atoms with E-state index in [1.165, 1.54) is 0 Å². The SMILES string of the molecule is NC(CC(=O)O)C(=O)O.NCC(O)CCC(N)C(=O)O.O=C(O)[C@@H]1CC(O)CN1. The van der Waals surface area contributed by atoms with E-state index in [4.69, 9.17) is 47.8 Å². The van der Waals surface area contributed by atoms with Crippen molar-refractivity contribution < 1.29 is 49.8 Å². The first-order chi connectivity index (χ1) is 13.3. The summed E-state index contributed by atoms with van der Waals surface area (Å²) in [6.07, 6.45) is -0.728. The zero-order valence-electron chi connectivity index (χ0n) is 15.7.